The lowest BCUT2D eigenvalue weighted by Gasteiger charge is -2.18. The summed E-state index contributed by atoms with van der Waals surface area (Å²) in [7, 11) is 1.73. The molecule has 1 heterocycles. The van der Waals surface area contributed by atoms with Crippen molar-refractivity contribution in [2.75, 3.05) is 43.7 Å². The highest BCUT2D eigenvalue weighted by Crippen LogP contribution is 2.21. The number of hydrogen-bond donors (Lipinski definition) is 3. The summed E-state index contributed by atoms with van der Waals surface area (Å²) in [6.07, 6.45) is 0. The minimum absolute atomic E-state index is 0.0417. The number of nitrogens with one attached hydrogen (secondary N) is 1. The van der Waals surface area contributed by atoms with Crippen LogP contribution in [-0.2, 0) is 4.74 Å². The molecule has 0 aromatic carbocycles. The van der Waals surface area contributed by atoms with Gasteiger partial charge < -0.3 is 20.2 Å². The zero-order chi connectivity index (χ0) is 14.3. The number of nitrogens with two attached hydrogens (primary N) is 1. The third-order valence-corrected chi connectivity index (χ3v) is 2.35. The van der Waals surface area contributed by atoms with Crippen molar-refractivity contribution in [3.8, 4) is 0 Å². The number of likely N-dealkylation sites (N-methyl/N-ethyl adjacent to an activating group) is 1. The van der Waals surface area contributed by atoms with Gasteiger partial charge in [0.2, 0.25) is 0 Å². The van der Waals surface area contributed by atoms with Gasteiger partial charge in [-0.15, -0.1) is 0 Å². The first-order chi connectivity index (χ1) is 9.08. The summed E-state index contributed by atoms with van der Waals surface area (Å²) in [6, 6.07) is 2.60. The molecule has 106 valence electrons. The minimum Gasteiger partial charge on any atom is -0.394 e. The third-order valence-electron chi connectivity index (χ3n) is 2.35. The summed E-state index contributed by atoms with van der Waals surface area (Å²) in [4.78, 5) is 16.1. The molecule has 4 N–H and O–H groups in total. The van der Waals surface area contributed by atoms with Crippen LogP contribution in [0.15, 0.2) is 12.1 Å². The molecule has 0 fully saturated rings. The van der Waals surface area contributed by atoms with Crippen LogP contribution in [0.4, 0.5) is 17.3 Å². The number of nitrogen functional groups attached to an aromatic ring is 1. The molecule has 9 heteroatoms. The maximum atomic E-state index is 10.8. The van der Waals surface area contributed by atoms with Crippen molar-refractivity contribution in [2.24, 2.45) is 5.84 Å². The molecule has 0 atom stereocenters. The molecule has 0 saturated heterocycles. The number of aromatic nitrogens is 1. The van der Waals surface area contributed by atoms with Crippen LogP contribution in [-0.4, -0.2) is 48.4 Å². The molecule has 9 nitrogen and oxygen atoms in total. The molecule has 1 aromatic heterocycles. The lowest BCUT2D eigenvalue weighted by atomic mass is 10.3. The predicted molar refractivity (Wildman–Crippen MR) is 69.9 cm³/mol. The Labute approximate surface area is 110 Å². The van der Waals surface area contributed by atoms with Crippen molar-refractivity contribution < 1.29 is 14.8 Å². The van der Waals surface area contributed by atoms with Gasteiger partial charge in [0.15, 0.2) is 0 Å². The van der Waals surface area contributed by atoms with Gasteiger partial charge in [0, 0.05) is 13.6 Å². The van der Waals surface area contributed by atoms with Crippen LogP contribution in [0.1, 0.15) is 0 Å². The van der Waals surface area contributed by atoms with Gasteiger partial charge in [-0.1, -0.05) is 0 Å². The number of hydrogen-bond acceptors (Lipinski definition) is 8. The molecule has 0 bridgehead atoms. The maximum Gasteiger partial charge on any atom is 0.276 e. The highest BCUT2D eigenvalue weighted by atomic mass is 16.6. The summed E-state index contributed by atoms with van der Waals surface area (Å²) in [5.74, 6) is 5.85. The molecule has 0 amide bonds. The molecule has 19 heavy (non-hydrogen) atoms. The topological polar surface area (TPSA) is 127 Å². The zero-order valence-corrected chi connectivity index (χ0v) is 10.6. The van der Waals surface area contributed by atoms with E-state index in [-0.39, 0.29) is 24.7 Å². The molecule has 0 aliphatic carbocycles. The number of anilines is 2. The average molecular weight is 271 g/mol. The Morgan fingerprint density at radius 3 is 2.89 bits per heavy atom. The van der Waals surface area contributed by atoms with Crippen LogP contribution in [0, 0.1) is 10.1 Å². The number of ether oxygens (including phenoxy) is 1. The van der Waals surface area contributed by atoms with Crippen molar-refractivity contribution in [1.82, 2.24) is 4.98 Å². The van der Waals surface area contributed by atoms with E-state index in [2.05, 4.69) is 10.4 Å². The van der Waals surface area contributed by atoms with Gasteiger partial charge in [-0.05, 0) is 0 Å². The van der Waals surface area contributed by atoms with Gasteiger partial charge in [-0.3, -0.25) is 10.1 Å². The number of aliphatic hydroxyl groups is 1. The number of hydrazine groups is 1. The van der Waals surface area contributed by atoms with Gasteiger partial charge >= 0.3 is 0 Å². The van der Waals surface area contributed by atoms with E-state index >= 15 is 0 Å². The minimum atomic E-state index is -0.512. The van der Waals surface area contributed by atoms with Crippen LogP contribution in [0.25, 0.3) is 0 Å². The van der Waals surface area contributed by atoms with E-state index in [1.54, 1.807) is 11.9 Å². The summed E-state index contributed by atoms with van der Waals surface area (Å²) < 4.78 is 5.12. The van der Waals surface area contributed by atoms with Crippen molar-refractivity contribution >= 4 is 17.3 Å². The van der Waals surface area contributed by atoms with Gasteiger partial charge in [0.25, 0.3) is 5.69 Å². The van der Waals surface area contributed by atoms with Gasteiger partial charge in [-0.25, -0.2) is 10.8 Å². The zero-order valence-electron chi connectivity index (χ0n) is 10.6. The molecule has 0 unspecified atom stereocenters. The number of aliphatic hydroxyl groups excluding tert-OH is 1. The number of rotatable bonds is 8. The van der Waals surface area contributed by atoms with Crippen molar-refractivity contribution in [3.05, 3.63) is 22.2 Å². The SMILES string of the molecule is CN(CCOCCO)c1cc([N+](=O)[O-])cc(NN)n1. The predicted octanol–water partition coefficient (Wildman–Crippen LogP) is -0.279. The number of nitrogens with zero attached hydrogens (tertiary/aromatic N) is 3. The summed E-state index contributed by atoms with van der Waals surface area (Å²) >= 11 is 0. The van der Waals surface area contributed by atoms with E-state index in [1.807, 2.05) is 0 Å². The van der Waals surface area contributed by atoms with Crippen LogP contribution < -0.4 is 16.2 Å². The first-order valence-corrected chi connectivity index (χ1v) is 5.61. The Morgan fingerprint density at radius 2 is 2.32 bits per heavy atom. The Bertz CT molecular complexity index is 428. The molecule has 0 spiro atoms. The Morgan fingerprint density at radius 1 is 1.58 bits per heavy atom. The second kappa shape index (κ2) is 7.46. The van der Waals surface area contributed by atoms with E-state index in [0.29, 0.717) is 19.0 Å². The Kier molecular flexibility index (Phi) is 5.93. The highest BCUT2D eigenvalue weighted by Gasteiger charge is 2.13. The Balaban J connectivity index is 2.74. The number of pyridine rings is 1. The molecular weight excluding hydrogens is 254 g/mol. The fourth-order valence-electron chi connectivity index (χ4n) is 1.36. The van der Waals surface area contributed by atoms with Crippen LogP contribution in [0.3, 0.4) is 0 Å². The quantitative estimate of drug-likeness (QED) is 0.255. The smallest absolute Gasteiger partial charge is 0.276 e. The molecule has 0 radical (unpaired) electrons. The summed E-state index contributed by atoms with van der Waals surface area (Å²) in [5.41, 5.74) is 2.19. The van der Waals surface area contributed by atoms with Crippen LogP contribution in [0.2, 0.25) is 0 Å². The standard InChI is InChI=1S/C10H17N5O4/c1-14(2-4-19-5-3-16)10-7-8(15(17)18)6-9(12-10)13-11/h6-7,16H,2-5,11H2,1H3,(H,12,13). The van der Waals surface area contributed by atoms with E-state index in [1.165, 1.54) is 12.1 Å². The van der Waals surface area contributed by atoms with E-state index in [9.17, 15) is 10.1 Å². The molecule has 0 saturated carbocycles. The fraction of sp³-hybridized carbons (Fsp3) is 0.500. The van der Waals surface area contributed by atoms with Crippen molar-refractivity contribution in [1.29, 1.82) is 0 Å². The highest BCUT2D eigenvalue weighted by molar-refractivity contribution is 5.55. The maximum absolute atomic E-state index is 10.8. The monoisotopic (exact) mass is 271 g/mol. The van der Waals surface area contributed by atoms with Crippen LogP contribution in [0.5, 0.6) is 0 Å². The molecule has 1 aromatic rings. The number of nitro groups is 1. The van der Waals surface area contributed by atoms with Crippen LogP contribution >= 0.6 is 0 Å². The lowest BCUT2D eigenvalue weighted by Crippen LogP contribution is -2.24. The second-order valence-corrected chi connectivity index (χ2v) is 3.73. The van der Waals surface area contributed by atoms with Gasteiger partial charge in [0.05, 0.1) is 36.9 Å². The average Bonchev–Trinajstić information content (AvgIpc) is 2.42. The Hall–Kier alpha value is -1.97. The normalized spacial score (nSPS) is 10.3. The van der Waals surface area contributed by atoms with E-state index in [0.717, 1.165) is 0 Å². The second-order valence-electron chi connectivity index (χ2n) is 3.73. The molecular formula is C10H17N5O4. The van der Waals surface area contributed by atoms with Crippen molar-refractivity contribution in [2.45, 2.75) is 0 Å². The molecule has 0 aliphatic heterocycles. The molecule has 0 aliphatic rings. The van der Waals surface area contributed by atoms with Gasteiger partial charge in [0.1, 0.15) is 11.6 Å². The fourth-order valence-corrected chi connectivity index (χ4v) is 1.36. The lowest BCUT2D eigenvalue weighted by molar-refractivity contribution is -0.384. The molecule has 1 rings (SSSR count). The first-order valence-electron chi connectivity index (χ1n) is 5.61. The summed E-state index contributed by atoms with van der Waals surface area (Å²) in [6.45, 7) is 1.08. The first kappa shape index (κ1) is 15.1. The largest absolute Gasteiger partial charge is 0.394 e. The third kappa shape index (κ3) is 4.66. The van der Waals surface area contributed by atoms with E-state index in [4.69, 9.17) is 15.7 Å². The van der Waals surface area contributed by atoms with Crippen molar-refractivity contribution in [3.63, 3.8) is 0 Å². The van der Waals surface area contributed by atoms with Gasteiger partial charge in [-0.2, -0.15) is 0 Å². The summed E-state index contributed by atoms with van der Waals surface area (Å²) in [5, 5.41) is 19.3. The van der Waals surface area contributed by atoms with E-state index < -0.39 is 4.92 Å².